The average molecular weight is 259 g/mol. The molecule has 19 heavy (non-hydrogen) atoms. The average Bonchev–Trinajstić information content (AvgIpc) is 2.79. The lowest BCUT2D eigenvalue weighted by Gasteiger charge is -2.10. The molecule has 0 unspecified atom stereocenters. The molecule has 0 atom stereocenters. The van der Waals surface area contributed by atoms with Crippen LogP contribution in [0.3, 0.4) is 0 Å². The minimum Gasteiger partial charge on any atom is -0.504 e. The zero-order valence-electron chi connectivity index (χ0n) is 10.9. The Kier molecular flexibility index (Phi) is 3.90. The lowest BCUT2D eigenvalue weighted by atomic mass is 10.0. The molecule has 4 heteroatoms. The van der Waals surface area contributed by atoms with Crippen LogP contribution in [0.5, 0.6) is 11.5 Å². The highest BCUT2D eigenvalue weighted by Gasteiger charge is 2.15. The lowest BCUT2D eigenvalue weighted by Crippen LogP contribution is -2.11. The third kappa shape index (κ3) is 2.96. The fourth-order valence-electron chi connectivity index (χ4n) is 2.10. The van der Waals surface area contributed by atoms with Gasteiger partial charge < -0.3 is 15.2 Å². The summed E-state index contributed by atoms with van der Waals surface area (Å²) in [6.45, 7) is 3.67. The smallest absolute Gasteiger partial charge is 0.224 e. The van der Waals surface area contributed by atoms with Crippen molar-refractivity contribution in [2.45, 2.75) is 19.3 Å². The van der Waals surface area contributed by atoms with Crippen molar-refractivity contribution in [3.05, 3.63) is 41.6 Å². The molecule has 2 N–H and O–H groups in total. The second-order valence-electron chi connectivity index (χ2n) is 4.44. The number of ether oxygens (including phenoxy) is 1. The highest BCUT2D eigenvalue weighted by Crippen LogP contribution is 2.33. The maximum atomic E-state index is 11.2. The van der Waals surface area contributed by atoms with Crippen LogP contribution in [0.4, 0.5) is 0 Å². The van der Waals surface area contributed by atoms with E-state index in [1.807, 2.05) is 12.1 Å². The molecule has 0 aliphatic carbocycles. The minimum atomic E-state index is 0.0447. The van der Waals surface area contributed by atoms with Gasteiger partial charge in [0.1, 0.15) is 0 Å². The Hall–Kier alpha value is -2.23. The molecule has 0 radical (unpaired) electrons. The number of hydrogen-bond acceptors (Lipinski definition) is 3. The summed E-state index contributed by atoms with van der Waals surface area (Å²) in [5.41, 5.74) is 2.54. The van der Waals surface area contributed by atoms with Gasteiger partial charge in [0.05, 0.1) is 7.11 Å². The van der Waals surface area contributed by atoms with Crippen LogP contribution < -0.4 is 10.1 Å². The first-order chi connectivity index (χ1) is 9.13. The first kappa shape index (κ1) is 13.2. The number of phenols is 1. The number of carbonyl (C=O) groups is 1. The third-order valence-electron chi connectivity index (χ3n) is 3.02. The Balaban J connectivity index is 2.37. The van der Waals surface area contributed by atoms with Gasteiger partial charge in [-0.2, -0.15) is 0 Å². The fraction of sp³-hybridized carbons (Fsp3) is 0.267. The zero-order chi connectivity index (χ0) is 13.8. The SMILES string of the molecule is C=CCc1cc(/C=C2\CCC(=O)N2)cc(OC)c1O. The van der Waals surface area contributed by atoms with E-state index in [-0.39, 0.29) is 11.7 Å². The summed E-state index contributed by atoms with van der Waals surface area (Å²) in [4.78, 5) is 11.2. The summed E-state index contributed by atoms with van der Waals surface area (Å²) < 4.78 is 5.16. The summed E-state index contributed by atoms with van der Waals surface area (Å²) in [5, 5.41) is 12.8. The summed E-state index contributed by atoms with van der Waals surface area (Å²) in [5.74, 6) is 0.610. The van der Waals surface area contributed by atoms with Gasteiger partial charge in [0.25, 0.3) is 0 Å². The number of phenolic OH excluding ortho intramolecular Hbond substituents is 1. The van der Waals surface area contributed by atoms with Crippen LogP contribution in [0.2, 0.25) is 0 Å². The van der Waals surface area contributed by atoms with Crippen LogP contribution >= 0.6 is 0 Å². The van der Waals surface area contributed by atoms with Gasteiger partial charge in [-0.05, 0) is 36.6 Å². The molecule has 1 amide bonds. The maximum Gasteiger partial charge on any atom is 0.224 e. The van der Waals surface area contributed by atoms with Crippen molar-refractivity contribution < 1.29 is 14.6 Å². The molecule has 1 saturated heterocycles. The van der Waals surface area contributed by atoms with Crippen molar-refractivity contribution in [3.63, 3.8) is 0 Å². The summed E-state index contributed by atoms with van der Waals surface area (Å²) in [7, 11) is 1.51. The molecule has 1 aromatic carbocycles. The van der Waals surface area contributed by atoms with Crippen molar-refractivity contribution >= 4 is 12.0 Å². The number of aromatic hydroxyl groups is 1. The largest absolute Gasteiger partial charge is 0.504 e. The molecule has 1 aliphatic heterocycles. The molecule has 0 saturated carbocycles. The number of benzene rings is 1. The second-order valence-corrected chi connectivity index (χ2v) is 4.44. The Morgan fingerprint density at radius 1 is 1.47 bits per heavy atom. The number of amides is 1. The van der Waals surface area contributed by atoms with E-state index < -0.39 is 0 Å². The van der Waals surface area contributed by atoms with Crippen LogP contribution in [-0.4, -0.2) is 18.1 Å². The molecule has 0 aromatic heterocycles. The molecule has 100 valence electrons. The standard InChI is InChI=1S/C15H17NO3/c1-3-4-11-7-10(9-13(19-2)15(11)18)8-12-5-6-14(17)16-12/h3,7-9,18H,1,4-6H2,2H3,(H,16,17)/b12-8+. The number of methoxy groups -OCH3 is 1. The van der Waals surface area contributed by atoms with Crippen molar-refractivity contribution in [1.82, 2.24) is 5.32 Å². The van der Waals surface area contributed by atoms with Gasteiger partial charge in [-0.15, -0.1) is 6.58 Å². The molecule has 2 rings (SSSR count). The Bertz CT molecular complexity index is 547. The van der Waals surface area contributed by atoms with E-state index in [4.69, 9.17) is 4.74 Å². The van der Waals surface area contributed by atoms with Gasteiger partial charge in [0, 0.05) is 17.7 Å². The van der Waals surface area contributed by atoms with Gasteiger partial charge in [-0.25, -0.2) is 0 Å². The van der Waals surface area contributed by atoms with Crippen molar-refractivity contribution in [2.24, 2.45) is 0 Å². The normalized spacial score (nSPS) is 16.5. The Labute approximate surface area is 112 Å². The number of carbonyl (C=O) groups excluding carboxylic acids is 1. The van der Waals surface area contributed by atoms with Crippen molar-refractivity contribution in [1.29, 1.82) is 0 Å². The van der Waals surface area contributed by atoms with E-state index in [0.717, 1.165) is 23.2 Å². The number of hydrogen-bond donors (Lipinski definition) is 2. The van der Waals surface area contributed by atoms with Crippen LogP contribution in [0.15, 0.2) is 30.5 Å². The maximum absolute atomic E-state index is 11.2. The third-order valence-corrected chi connectivity index (χ3v) is 3.02. The second kappa shape index (κ2) is 5.61. The van der Waals surface area contributed by atoms with Gasteiger partial charge >= 0.3 is 0 Å². The topological polar surface area (TPSA) is 58.6 Å². The van der Waals surface area contributed by atoms with E-state index in [0.29, 0.717) is 18.6 Å². The van der Waals surface area contributed by atoms with E-state index in [2.05, 4.69) is 11.9 Å². The zero-order valence-corrected chi connectivity index (χ0v) is 10.9. The van der Waals surface area contributed by atoms with E-state index in [1.165, 1.54) is 7.11 Å². The van der Waals surface area contributed by atoms with E-state index in [9.17, 15) is 9.90 Å². The highest BCUT2D eigenvalue weighted by molar-refractivity contribution is 5.83. The molecular formula is C15H17NO3. The van der Waals surface area contributed by atoms with Crippen LogP contribution in [0.1, 0.15) is 24.0 Å². The predicted molar refractivity (Wildman–Crippen MR) is 73.9 cm³/mol. The Morgan fingerprint density at radius 3 is 2.84 bits per heavy atom. The molecule has 0 spiro atoms. The summed E-state index contributed by atoms with van der Waals surface area (Å²) in [6.07, 6.45) is 5.44. The number of nitrogens with one attached hydrogen (secondary N) is 1. The first-order valence-electron chi connectivity index (χ1n) is 6.15. The number of allylic oxidation sites excluding steroid dienone is 2. The van der Waals surface area contributed by atoms with Crippen molar-refractivity contribution in [2.75, 3.05) is 7.11 Å². The molecule has 0 bridgehead atoms. The molecular weight excluding hydrogens is 242 g/mol. The van der Waals surface area contributed by atoms with Crippen LogP contribution in [0, 0.1) is 0 Å². The van der Waals surface area contributed by atoms with Gasteiger partial charge in [0.2, 0.25) is 5.91 Å². The molecule has 1 heterocycles. The molecule has 1 fully saturated rings. The molecule has 4 nitrogen and oxygen atoms in total. The van der Waals surface area contributed by atoms with Crippen molar-refractivity contribution in [3.8, 4) is 11.5 Å². The first-order valence-corrected chi connectivity index (χ1v) is 6.15. The Morgan fingerprint density at radius 2 is 2.26 bits per heavy atom. The van der Waals surface area contributed by atoms with E-state index in [1.54, 1.807) is 12.1 Å². The fourth-order valence-corrected chi connectivity index (χ4v) is 2.10. The summed E-state index contributed by atoms with van der Waals surface area (Å²) in [6, 6.07) is 3.62. The quantitative estimate of drug-likeness (QED) is 0.816. The van der Waals surface area contributed by atoms with Gasteiger partial charge in [-0.3, -0.25) is 4.79 Å². The van der Waals surface area contributed by atoms with Gasteiger partial charge in [-0.1, -0.05) is 6.08 Å². The van der Waals surface area contributed by atoms with Gasteiger partial charge in [0.15, 0.2) is 11.5 Å². The van der Waals surface area contributed by atoms with Crippen LogP contribution in [0.25, 0.3) is 6.08 Å². The lowest BCUT2D eigenvalue weighted by molar-refractivity contribution is -0.118. The number of rotatable bonds is 4. The monoisotopic (exact) mass is 259 g/mol. The van der Waals surface area contributed by atoms with Crippen LogP contribution in [-0.2, 0) is 11.2 Å². The highest BCUT2D eigenvalue weighted by atomic mass is 16.5. The summed E-state index contributed by atoms with van der Waals surface area (Å²) >= 11 is 0. The van der Waals surface area contributed by atoms with E-state index >= 15 is 0 Å². The minimum absolute atomic E-state index is 0.0447. The molecule has 1 aromatic rings. The molecule has 1 aliphatic rings. The predicted octanol–water partition coefficient (Wildman–Crippen LogP) is 2.38.